The molecule has 0 spiro atoms. The molecule has 0 aliphatic heterocycles. The Morgan fingerprint density at radius 2 is 2.25 bits per heavy atom. The van der Waals surface area contributed by atoms with Crippen LogP contribution in [0.3, 0.4) is 0 Å². The van der Waals surface area contributed by atoms with Gasteiger partial charge in [0.1, 0.15) is 0 Å². The predicted octanol–water partition coefficient (Wildman–Crippen LogP) is 2.74. The van der Waals surface area contributed by atoms with E-state index in [0.717, 1.165) is 19.4 Å². The van der Waals surface area contributed by atoms with E-state index in [4.69, 9.17) is 5.73 Å². The first-order valence-electron chi connectivity index (χ1n) is 5.96. The van der Waals surface area contributed by atoms with Gasteiger partial charge in [-0.15, -0.1) is 11.3 Å². The van der Waals surface area contributed by atoms with Crippen LogP contribution in [-0.2, 0) is 6.42 Å². The monoisotopic (exact) mass is 240 g/mol. The second-order valence-electron chi connectivity index (χ2n) is 5.06. The van der Waals surface area contributed by atoms with Crippen LogP contribution in [0.15, 0.2) is 17.5 Å². The largest absolute Gasteiger partial charge is 0.324 e. The maximum atomic E-state index is 6.19. The zero-order valence-corrected chi connectivity index (χ0v) is 11.7. The quantitative estimate of drug-likeness (QED) is 0.828. The fourth-order valence-corrected chi connectivity index (χ4v) is 2.54. The van der Waals surface area contributed by atoms with Crippen LogP contribution < -0.4 is 5.73 Å². The van der Waals surface area contributed by atoms with E-state index in [-0.39, 0.29) is 5.54 Å². The highest BCUT2D eigenvalue weighted by Gasteiger charge is 2.21. The molecule has 16 heavy (non-hydrogen) atoms. The molecule has 1 heterocycles. The van der Waals surface area contributed by atoms with Crippen molar-refractivity contribution in [3.8, 4) is 0 Å². The number of rotatable bonds is 6. The van der Waals surface area contributed by atoms with Crippen LogP contribution in [-0.4, -0.2) is 30.1 Å². The molecule has 1 rings (SSSR count). The molecule has 0 saturated heterocycles. The van der Waals surface area contributed by atoms with Gasteiger partial charge in [-0.05, 0) is 45.2 Å². The standard InChI is InChI=1S/C13H24N2S/c1-5-13(3,14)10-15(4)11(2)9-12-7-6-8-16-12/h6-8,11H,5,9-10,14H2,1-4H3. The van der Waals surface area contributed by atoms with Gasteiger partial charge in [-0.2, -0.15) is 0 Å². The molecular weight excluding hydrogens is 216 g/mol. The maximum Gasteiger partial charge on any atom is 0.0252 e. The first-order chi connectivity index (χ1) is 7.44. The van der Waals surface area contributed by atoms with Crippen molar-refractivity contribution in [1.29, 1.82) is 0 Å². The molecule has 1 aromatic rings. The van der Waals surface area contributed by atoms with Crippen LogP contribution >= 0.6 is 11.3 Å². The molecule has 0 radical (unpaired) electrons. The lowest BCUT2D eigenvalue weighted by Gasteiger charge is -2.33. The number of likely N-dealkylation sites (N-methyl/N-ethyl adjacent to an activating group) is 1. The molecule has 1 aromatic heterocycles. The van der Waals surface area contributed by atoms with E-state index in [9.17, 15) is 0 Å². The van der Waals surface area contributed by atoms with Crippen molar-refractivity contribution in [2.24, 2.45) is 5.73 Å². The molecule has 0 amide bonds. The molecule has 2 unspecified atom stereocenters. The van der Waals surface area contributed by atoms with Crippen molar-refractivity contribution < 1.29 is 0 Å². The van der Waals surface area contributed by atoms with E-state index in [1.807, 2.05) is 11.3 Å². The Bertz CT molecular complexity index is 293. The fourth-order valence-electron chi connectivity index (χ4n) is 1.71. The van der Waals surface area contributed by atoms with E-state index < -0.39 is 0 Å². The Hall–Kier alpha value is -0.380. The van der Waals surface area contributed by atoms with Gasteiger partial charge in [0.25, 0.3) is 0 Å². The Balaban J connectivity index is 2.45. The highest BCUT2D eigenvalue weighted by molar-refractivity contribution is 7.09. The Morgan fingerprint density at radius 1 is 1.56 bits per heavy atom. The summed E-state index contributed by atoms with van der Waals surface area (Å²) in [5.41, 5.74) is 6.12. The summed E-state index contributed by atoms with van der Waals surface area (Å²) in [4.78, 5) is 3.82. The molecule has 0 aromatic carbocycles. The van der Waals surface area contributed by atoms with Crippen molar-refractivity contribution in [1.82, 2.24) is 4.90 Å². The van der Waals surface area contributed by atoms with Gasteiger partial charge in [-0.3, -0.25) is 0 Å². The first-order valence-corrected chi connectivity index (χ1v) is 6.84. The minimum atomic E-state index is -0.0710. The summed E-state index contributed by atoms with van der Waals surface area (Å²) >= 11 is 1.83. The van der Waals surface area contributed by atoms with E-state index in [2.05, 4.69) is 50.2 Å². The number of hydrogen-bond donors (Lipinski definition) is 1. The van der Waals surface area contributed by atoms with Crippen molar-refractivity contribution >= 4 is 11.3 Å². The molecule has 2 nitrogen and oxygen atoms in total. The molecule has 0 aliphatic rings. The number of hydrogen-bond acceptors (Lipinski definition) is 3. The van der Waals surface area contributed by atoms with Crippen molar-refractivity contribution in [3.05, 3.63) is 22.4 Å². The van der Waals surface area contributed by atoms with Crippen LogP contribution in [0.4, 0.5) is 0 Å². The van der Waals surface area contributed by atoms with Crippen LogP contribution in [0.2, 0.25) is 0 Å². The maximum absolute atomic E-state index is 6.19. The van der Waals surface area contributed by atoms with E-state index in [0.29, 0.717) is 6.04 Å². The average Bonchev–Trinajstić information content (AvgIpc) is 2.69. The van der Waals surface area contributed by atoms with Gasteiger partial charge < -0.3 is 10.6 Å². The van der Waals surface area contributed by atoms with Gasteiger partial charge in [0.05, 0.1) is 0 Å². The summed E-state index contributed by atoms with van der Waals surface area (Å²) in [5.74, 6) is 0. The third-order valence-electron chi connectivity index (χ3n) is 3.25. The normalized spacial score (nSPS) is 17.4. The van der Waals surface area contributed by atoms with E-state index >= 15 is 0 Å². The van der Waals surface area contributed by atoms with Gasteiger partial charge in [-0.25, -0.2) is 0 Å². The minimum absolute atomic E-state index is 0.0710. The van der Waals surface area contributed by atoms with Gasteiger partial charge >= 0.3 is 0 Å². The van der Waals surface area contributed by atoms with Gasteiger partial charge in [0, 0.05) is 23.0 Å². The smallest absolute Gasteiger partial charge is 0.0252 e. The zero-order chi connectivity index (χ0) is 12.2. The molecule has 2 N–H and O–H groups in total. The lowest BCUT2D eigenvalue weighted by Crippen LogP contribution is -2.48. The van der Waals surface area contributed by atoms with Crippen LogP contribution in [0.25, 0.3) is 0 Å². The SMILES string of the molecule is CCC(C)(N)CN(C)C(C)Cc1cccs1. The highest BCUT2D eigenvalue weighted by Crippen LogP contribution is 2.15. The molecule has 92 valence electrons. The second-order valence-corrected chi connectivity index (χ2v) is 6.09. The second kappa shape index (κ2) is 5.80. The lowest BCUT2D eigenvalue weighted by atomic mass is 9.99. The summed E-state index contributed by atoms with van der Waals surface area (Å²) in [7, 11) is 2.17. The van der Waals surface area contributed by atoms with Crippen molar-refractivity contribution in [2.45, 2.75) is 45.2 Å². The van der Waals surface area contributed by atoms with Crippen molar-refractivity contribution in [3.63, 3.8) is 0 Å². The summed E-state index contributed by atoms with van der Waals surface area (Å²) in [6.45, 7) is 7.50. The van der Waals surface area contributed by atoms with Crippen LogP contribution in [0.1, 0.15) is 32.1 Å². The Labute approximate surface area is 103 Å². The summed E-state index contributed by atoms with van der Waals surface area (Å²) < 4.78 is 0. The summed E-state index contributed by atoms with van der Waals surface area (Å²) in [6.07, 6.45) is 2.14. The summed E-state index contributed by atoms with van der Waals surface area (Å²) in [6, 6.07) is 4.87. The Kier molecular flexibility index (Phi) is 4.96. The van der Waals surface area contributed by atoms with Crippen LogP contribution in [0, 0.1) is 0 Å². The Morgan fingerprint density at radius 3 is 2.75 bits per heavy atom. The third-order valence-corrected chi connectivity index (χ3v) is 4.15. The predicted molar refractivity (Wildman–Crippen MR) is 73.0 cm³/mol. The van der Waals surface area contributed by atoms with Gasteiger partial charge in [0.2, 0.25) is 0 Å². The minimum Gasteiger partial charge on any atom is -0.324 e. The van der Waals surface area contributed by atoms with Crippen molar-refractivity contribution in [2.75, 3.05) is 13.6 Å². The molecule has 0 aliphatic carbocycles. The van der Waals surface area contributed by atoms with Gasteiger partial charge in [0.15, 0.2) is 0 Å². The summed E-state index contributed by atoms with van der Waals surface area (Å²) in [5, 5.41) is 2.14. The average molecular weight is 240 g/mol. The first kappa shape index (κ1) is 13.7. The van der Waals surface area contributed by atoms with E-state index in [1.54, 1.807) is 0 Å². The topological polar surface area (TPSA) is 29.3 Å². The molecule has 0 saturated carbocycles. The fraction of sp³-hybridized carbons (Fsp3) is 0.692. The molecule has 2 atom stereocenters. The molecule has 0 fully saturated rings. The highest BCUT2D eigenvalue weighted by atomic mass is 32.1. The van der Waals surface area contributed by atoms with Crippen LogP contribution in [0.5, 0.6) is 0 Å². The number of thiophene rings is 1. The lowest BCUT2D eigenvalue weighted by molar-refractivity contribution is 0.201. The van der Waals surface area contributed by atoms with E-state index in [1.165, 1.54) is 4.88 Å². The molecular formula is C13H24N2S. The molecule has 0 bridgehead atoms. The van der Waals surface area contributed by atoms with Gasteiger partial charge in [-0.1, -0.05) is 13.0 Å². The zero-order valence-electron chi connectivity index (χ0n) is 10.9. The third kappa shape index (κ3) is 4.24. The molecule has 3 heteroatoms. The number of nitrogens with zero attached hydrogens (tertiary/aromatic N) is 1. The number of nitrogens with two attached hydrogens (primary N) is 1.